The molecule has 0 atom stereocenters. The molecule has 7 heteroatoms. The smallest absolute Gasteiger partial charge is 0.307 e. The fourth-order valence-corrected chi connectivity index (χ4v) is 2.73. The molecule has 2 heterocycles. The Labute approximate surface area is 126 Å². The van der Waals surface area contributed by atoms with Gasteiger partial charge in [0.25, 0.3) is 0 Å². The highest BCUT2D eigenvalue weighted by molar-refractivity contribution is 7.07. The number of carbonyl (C=O) groups excluding carboxylic acids is 1. The lowest BCUT2D eigenvalue weighted by atomic mass is 10.3. The molecule has 0 saturated carbocycles. The number of carbonyl (C=O) groups is 1. The Balaban J connectivity index is 1.99. The molecule has 2 aromatic rings. The van der Waals surface area contributed by atoms with Gasteiger partial charge in [-0.05, 0) is 20.3 Å². The van der Waals surface area contributed by atoms with Crippen molar-refractivity contribution in [3.63, 3.8) is 0 Å². The van der Waals surface area contributed by atoms with E-state index < -0.39 is 0 Å². The number of amides is 1. The maximum Gasteiger partial charge on any atom is 0.307 e. The minimum atomic E-state index is -0.160. The third kappa shape index (κ3) is 3.98. The molecular weight excluding hydrogens is 288 g/mol. The predicted octanol–water partition coefficient (Wildman–Crippen LogP) is 1.91. The van der Waals surface area contributed by atoms with Gasteiger partial charge < -0.3 is 9.88 Å². The Morgan fingerprint density at radius 3 is 2.76 bits per heavy atom. The third-order valence-corrected chi connectivity index (χ3v) is 3.94. The number of hydrogen-bond donors (Lipinski definition) is 1. The van der Waals surface area contributed by atoms with E-state index in [1.54, 1.807) is 22.9 Å². The van der Waals surface area contributed by atoms with Crippen LogP contribution >= 0.6 is 11.3 Å². The molecule has 6 nitrogen and oxygen atoms in total. The van der Waals surface area contributed by atoms with Crippen molar-refractivity contribution in [3.8, 4) is 0 Å². The summed E-state index contributed by atoms with van der Waals surface area (Å²) in [6.45, 7) is 6.03. The van der Waals surface area contributed by atoms with E-state index in [-0.39, 0.29) is 17.2 Å². The molecule has 0 aliphatic carbocycles. The summed E-state index contributed by atoms with van der Waals surface area (Å²) in [4.78, 5) is 31.9. The monoisotopic (exact) mass is 306 g/mol. The van der Waals surface area contributed by atoms with Crippen LogP contribution in [-0.4, -0.2) is 20.4 Å². The maximum atomic E-state index is 12.0. The van der Waals surface area contributed by atoms with Gasteiger partial charge in [0.15, 0.2) is 0 Å². The lowest BCUT2D eigenvalue weighted by molar-refractivity contribution is -0.116. The molecule has 0 radical (unpaired) electrons. The lowest BCUT2D eigenvalue weighted by Crippen LogP contribution is -2.20. The third-order valence-electron chi connectivity index (χ3n) is 3.06. The number of thiazole rings is 1. The van der Waals surface area contributed by atoms with Gasteiger partial charge in [-0.15, -0.1) is 0 Å². The van der Waals surface area contributed by atoms with E-state index in [1.165, 1.54) is 0 Å². The molecule has 0 bridgehead atoms. The average Bonchev–Trinajstić information content (AvgIpc) is 2.75. The van der Waals surface area contributed by atoms with Crippen molar-refractivity contribution in [2.24, 2.45) is 0 Å². The van der Waals surface area contributed by atoms with Gasteiger partial charge in [0.05, 0.1) is 0 Å². The van der Waals surface area contributed by atoms with Crippen LogP contribution in [0.4, 0.5) is 5.82 Å². The van der Waals surface area contributed by atoms with Gasteiger partial charge >= 0.3 is 4.87 Å². The molecule has 0 spiro atoms. The van der Waals surface area contributed by atoms with Crippen LogP contribution < -0.4 is 10.2 Å². The normalized spacial score (nSPS) is 10.6. The second-order valence-electron chi connectivity index (χ2n) is 4.74. The molecule has 0 aliphatic heterocycles. The quantitative estimate of drug-likeness (QED) is 0.915. The summed E-state index contributed by atoms with van der Waals surface area (Å²) in [5.41, 5.74) is 1.77. The van der Waals surface area contributed by atoms with Crippen molar-refractivity contribution in [1.82, 2.24) is 14.5 Å². The molecule has 0 aromatic carbocycles. The summed E-state index contributed by atoms with van der Waals surface area (Å²) in [6, 6.07) is 1.77. The van der Waals surface area contributed by atoms with E-state index in [9.17, 15) is 9.59 Å². The van der Waals surface area contributed by atoms with Crippen LogP contribution in [-0.2, 0) is 17.8 Å². The largest absolute Gasteiger partial charge is 0.311 e. The van der Waals surface area contributed by atoms with Crippen molar-refractivity contribution in [2.45, 2.75) is 40.2 Å². The van der Waals surface area contributed by atoms with Crippen LogP contribution in [0.2, 0.25) is 0 Å². The molecule has 2 aromatic heterocycles. The Morgan fingerprint density at radius 1 is 1.38 bits per heavy atom. The van der Waals surface area contributed by atoms with Crippen molar-refractivity contribution >= 4 is 23.1 Å². The molecule has 1 amide bonds. The van der Waals surface area contributed by atoms with E-state index in [1.807, 2.05) is 13.8 Å². The highest BCUT2D eigenvalue weighted by Crippen LogP contribution is 2.08. The summed E-state index contributed by atoms with van der Waals surface area (Å²) in [5, 5.41) is 4.55. The minimum absolute atomic E-state index is 0.0357. The number of aryl methyl sites for hydroxylation is 3. The summed E-state index contributed by atoms with van der Waals surface area (Å²) in [6.07, 6.45) is 1.03. The summed E-state index contributed by atoms with van der Waals surface area (Å²) < 4.78 is 1.60. The van der Waals surface area contributed by atoms with Crippen LogP contribution in [0.3, 0.4) is 0 Å². The summed E-state index contributed by atoms with van der Waals surface area (Å²) >= 11 is 1.15. The highest BCUT2D eigenvalue weighted by Gasteiger charge is 2.08. The van der Waals surface area contributed by atoms with Crippen LogP contribution in [0, 0.1) is 13.8 Å². The average molecular weight is 306 g/mol. The second kappa shape index (κ2) is 6.62. The lowest BCUT2D eigenvalue weighted by Gasteiger charge is -2.08. The van der Waals surface area contributed by atoms with E-state index >= 15 is 0 Å². The van der Waals surface area contributed by atoms with Crippen molar-refractivity contribution in [2.75, 3.05) is 5.32 Å². The van der Waals surface area contributed by atoms with Gasteiger partial charge in [0.1, 0.15) is 11.6 Å². The fourth-order valence-electron chi connectivity index (χ4n) is 1.97. The van der Waals surface area contributed by atoms with Gasteiger partial charge in [-0.25, -0.2) is 9.97 Å². The summed E-state index contributed by atoms with van der Waals surface area (Å²) in [7, 11) is 0. The minimum Gasteiger partial charge on any atom is -0.311 e. The number of rotatable bonds is 5. The van der Waals surface area contributed by atoms with Gasteiger partial charge in [-0.2, -0.15) is 0 Å². The molecule has 0 aliphatic rings. The molecule has 21 heavy (non-hydrogen) atoms. The molecule has 0 fully saturated rings. The van der Waals surface area contributed by atoms with Crippen LogP contribution in [0.5, 0.6) is 0 Å². The number of aromatic nitrogens is 3. The fraction of sp³-hybridized carbons (Fsp3) is 0.429. The first-order chi connectivity index (χ1) is 9.99. The Morgan fingerprint density at radius 2 is 2.14 bits per heavy atom. The number of nitrogens with zero attached hydrogens (tertiary/aromatic N) is 3. The van der Waals surface area contributed by atoms with Crippen molar-refractivity contribution in [3.05, 3.63) is 38.3 Å². The molecule has 2 rings (SSSR count). The predicted molar refractivity (Wildman–Crippen MR) is 82.7 cm³/mol. The van der Waals surface area contributed by atoms with E-state index in [0.717, 1.165) is 29.1 Å². The van der Waals surface area contributed by atoms with E-state index in [4.69, 9.17) is 0 Å². The van der Waals surface area contributed by atoms with Crippen molar-refractivity contribution in [1.29, 1.82) is 0 Å². The number of hydrogen-bond acceptors (Lipinski definition) is 5. The van der Waals surface area contributed by atoms with E-state index in [0.29, 0.717) is 18.2 Å². The molecule has 0 unspecified atom stereocenters. The zero-order valence-corrected chi connectivity index (χ0v) is 13.2. The molecule has 0 saturated heterocycles. The van der Waals surface area contributed by atoms with Crippen molar-refractivity contribution < 1.29 is 4.79 Å². The maximum absolute atomic E-state index is 12.0. The van der Waals surface area contributed by atoms with Gasteiger partial charge in [-0.3, -0.25) is 9.59 Å². The number of nitrogens with one attached hydrogen (secondary N) is 1. The molecular formula is C14H18N4O2S. The second-order valence-corrected chi connectivity index (χ2v) is 5.56. The van der Waals surface area contributed by atoms with Crippen LogP contribution in [0.25, 0.3) is 0 Å². The van der Waals surface area contributed by atoms with Crippen LogP contribution in [0.15, 0.2) is 16.2 Å². The first-order valence-electron chi connectivity index (χ1n) is 6.79. The topological polar surface area (TPSA) is 76.9 Å². The number of anilines is 1. The van der Waals surface area contributed by atoms with Gasteiger partial charge in [0, 0.05) is 35.8 Å². The first-order valence-corrected chi connectivity index (χ1v) is 7.67. The van der Waals surface area contributed by atoms with Gasteiger partial charge in [0.2, 0.25) is 5.91 Å². The molecule has 1 N–H and O–H groups in total. The Hall–Kier alpha value is -2.02. The highest BCUT2D eigenvalue weighted by atomic mass is 32.1. The zero-order valence-electron chi connectivity index (χ0n) is 12.3. The van der Waals surface area contributed by atoms with Crippen LogP contribution in [0.1, 0.15) is 30.6 Å². The SMILES string of the molecule is CCc1cc(NC(=O)CCn2c(C)csc2=O)nc(C)n1. The Bertz CT molecular complexity index is 705. The Kier molecular flexibility index (Phi) is 4.85. The molecule has 112 valence electrons. The summed E-state index contributed by atoms with van der Waals surface area (Å²) in [5.74, 6) is 0.987. The van der Waals surface area contributed by atoms with Gasteiger partial charge in [-0.1, -0.05) is 18.3 Å². The zero-order chi connectivity index (χ0) is 15.4. The standard InChI is InChI=1S/C14H18N4O2S/c1-4-11-7-12(16-10(3)15-11)17-13(19)5-6-18-9(2)8-21-14(18)20/h7-8H,4-6H2,1-3H3,(H,15,16,17,19). The van der Waals surface area contributed by atoms with E-state index in [2.05, 4.69) is 15.3 Å². The first kappa shape index (κ1) is 15.4.